The molecule has 0 amide bonds. The van der Waals surface area contributed by atoms with E-state index in [1.165, 1.54) is 11.1 Å². The van der Waals surface area contributed by atoms with Crippen molar-refractivity contribution in [2.45, 2.75) is 13.8 Å². The van der Waals surface area contributed by atoms with Crippen molar-refractivity contribution < 1.29 is 0 Å². The highest BCUT2D eigenvalue weighted by molar-refractivity contribution is 5.74. The van der Waals surface area contributed by atoms with E-state index in [1.807, 2.05) is 37.6 Å². The molecular formula is C15H16N6. The lowest BCUT2D eigenvalue weighted by molar-refractivity contribution is 0.931. The van der Waals surface area contributed by atoms with Crippen LogP contribution >= 0.6 is 0 Å². The molecule has 106 valence electrons. The van der Waals surface area contributed by atoms with E-state index >= 15 is 0 Å². The first kappa shape index (κ1) is 13.2. The van der Waals surface area contributed by atoms with Crippen LogP contribution in [0.1, 0.15) is 11.1 Å². The number of aryl methyl sites for hydroxylation is 3. The number of nitrogens with one attached hydrogen (secondary N) is 1. The van der Waals surface area contributed by atoms with Crippen LogP contribution in [0.3, 0.4) is 0 Å². The highest BCUT2D eigenvalue weighted by atomic mass is 15.1. The van der Waals surface area contributed by atoms with Crippen LogP contribution in [-0.2, 0) is 7.05 Å². The number of fused-ring (bicyclic) bond motifs is 2. The second kappa shape index (κ2) is 5.32. The Morgan fingerprint density at radius 1 is 0.952 bits per heavy atom. The molecule has 21 heavy (non-hydrogen) atoms. The number of hydrogen-bond donors (Lipinski definition) is 1. The van der Waals surface area contributed by atoms with Crippen molar-refractivity contribution in [1.82, 2.24) is 29.5 Å². The van der Waals surface area contributed by atoms with Gasteiger partial charge in [0.1, 0.15) is 5.52 Å². The molecule has 4 aromatic rings. The number of pyridine rings is 2. The molecule has 0 unspecified atom stereocenters. The summed E-state index contributed by atoms with van der Waals surface area (Å²) < 4.78 is 1.92. The molecular weight excluding hydrogens is 264 g/mol. The van der Waals surface area contributed by atoms with E-state index in [2.05, 4.69) is 24.9 Å². The highest BCUT2D eigenvalue weighted by Gasteiger charge is 2.01. The summed E-state index contributed by atoms with van der Waals surface area (Å²) >= 11 is 0. The first-order valence-corrected chi connectivity index (χ1v) is 6.64. The second-order valence-electron chi connectivity index (χ2n) is 4.88. The molecule has 0 bridgehead atoms. The van der Waals surface area contributed by atoms with E-state index in [4.69, 9.17) is 0 Å². The van der Waals surface area contributed by atoms with Crippen LogP contribution in [0.25, 0.3) is 22.3 Å². The van der Waals surface area contributed by atoms with Crippen molar-refractivity contribution in [3.05, 3.63) is 48.3 Å². The fraction of sp³-hybridized carbons (Fsp3) is 0.200. The van der Waals surface area contributed by atoms with E-state index in [1.54, 1.807) is 25.0 Å². The molecule has 0 aliphatic carbocycles. The molecule has 0 fully saturated rings. The van der Waals surface area contributed by atoms with Gasteiger partial charge in [-0.05, 0) is 37.1 Å². The van der Waals surface area contributed by atoms with Crippen molar-refractivity contribution in [2.75, 3.05) is 0 Å². The normalized spacial score (nSPS) is 10.6. The Kier molecular flexibility index (Phi) is 3.35. The predicted octanol–water partition coefficient (Wildman–Crippen LogP) is 2.54. The molecule has 6 heteroatoms. The van der Waals surface area contributed by atoms with Crippen LogP contribution in [0, 0.1) is 13.8 Å². The third-order valence-corrected chi connectivity index (χ3v) is 3.34. The highest BCUT2D eigenvalue weighted by Crippen LogP contribution is 2.11. The van der Waals surface area contributed by atoms with Crippen molar-refractivity contribution >= 4 is 22.3 Å². The van der Waals surface area contributed by atoms with Crippen molar-refractivity contribution in [2.24, 2.45) is 7.05 Å². The summed E-state index contributed by atoms with van der Waals surface area (Å²) in [5.74, 6) is 0. The monoisotopic (exact) mass is 280 g/mol. The molecule has 0 saturated carbocycles. The molecule has 0 aliphatic heterocycles. The fourth-order valence-corrected chi connectivity index (χ4v) is 2.13. The van der Waals surface area contributed by atoms with Crippen LogP contribution in [0.2, 0.25) is 0 Å². The SMILES string of the molecule is Cc1ccnc2c1ncn2C.Cc1ccnc2nc[nH]c12. The lowest BCUT2D eigenvalue weighted by Gasteiger charge is -1.93. The van der Waals surface area contributed by atoms with Crippen molar-refractivity contribution in [1.29, 1.82) is 0 Å². The quantitative estimate of drug-likeness (QED) is 0.537. The number of rotatable bonds is 0. The molecule has 4 heterocycles. The molecule has 0 aliphatic rings. The lowest BCUT2D eigenvalue weighted by atomic mass is 10.3. The Hall–Kier alpha value is -2.76. The second-order valence-corrected chi connectivity index (χ2v) is 4.88. The van der Waals surface area contributed by atoms with Crippen molar-refractivity contribution in [3.8, 4) is 0 Å². The summed E-state index contributed by atoms with van der Waals surface area (Å²) in [6.07, 6.45) is 7.01. The van der Waals surface area contributed by atoms with Gasteiger partial charge in [0, 0.05) is 19.4 Å². The summed E-state index contributed by atoms with van der Waals surface area (Å²) in [5.41, 5.74) is 6.13. The van der Waals surface area contributed by atoms with Gasteiger partial charge in [-0.2, -0.15) is 0 Å². The van der Waals surface area contributed by atoms with Crippen LogP contribution in [0.4, 0.5) is 0 Å². The summed E-state index contributed by atoms with van der Waals surface area (Å²) in [4.78, 5) is 19.5. The summed E-state index contributed by atoms with van der Waals surface area (Å²) in [7, 11) is 1.95. The maximum atomic E-state index is 4.22. The van der Waals surface area contributed by atoms with Gasteiger partial charge in [0.2, 0.25) is 0 Å². The first-order valence-electron chi connectivity index (χ1n) is 6.64. The Bertz CT molecular complexity index is 889. The van der Waals surface area contributed by atoms with Crippen LogP contribution < -0.4 is 0 Å². The summed E-state index contributed by atoms with van der Waals surface area (Å²) in [6, 6.07) is 3.93. The summed E-state index contributed by atoms with van der Waals surface area (Å²) in [6.45, 7) is 4.07. The van der Waals surface area contributed by atoms with E-state index in [0.717, 1.165) is 22.3 Å². The smallest absolute Gasteiger partial charge is 0.177 e. The minimum Gasteiger partial charge on any atom is -0.343 e. The van der Waals surface area contributed by atoms with Gasteiger partial charge in [0.15, 0.2) is 11.3 Å². The molecule has 0 radical (unpaired) electrons. The van der Waals surface area contributed by atoms with Gasteiger partial charge in [-0.15, -0.1) is 0 Å². The molecule has 0 spiro atoms. The zero-order chi connectivity index (χ0) is 14.8. The average Bonchev–Trinajstić information content (AvgIpc) is 3.09. The lowest BCUT2D eigenvalue weighted by Crippen LogP contribution is -1.87. The van der Waals surface area contributed by atoms with E-state index < -0.39 is 0 Å². The maximum absolute atomic E-state index is 4.22. The van der Waals surface area contributed by atoms with Crippen LogP contribution in [0.5, 0.6) is 0 Å². The zero-order valence-electron chi connectivity index (χ0n) is 12.2. The molecule has 4 rings (SSSR count). The average molecular weight is 280 g/mol. The molecule has 0 saturated heterocycles. The topological polar surface area (TPSA) is 72.3 Å². The number of H-pyrrole nitrogens is 1. The van der Waals surface area contributed by atoms with Gasteiger partial charge in [0.25, 0.3) is 0 Å². The number of nitrogens with zero attached hydrogens (tertiary/aromatic N) is 5. The largest absolute Gasteiger partial charge is 0.343 e. The molecule has 6 nitrogen and oxygen atoms in total. The molecule has 0 atom stereocenters. The zero-order valence-corrected chi connectivity index (χ0v) is 12.2. The Morgan fingerprint density at radius 2 is 1.71 bits per heavy atom. The Labute approximate surface area is 121 Å². The van der Waals surface area contributed by atoms with Gasteiger partial charge in [0.05, 0.1) is 18.2 Å². The minimum absolute atomic E-state index is 0.792. The third kappa shape index (κ3) is 2.47. The molecule has 0 aromatic carbocycles. The van der Waals surface area contributed by atoms with Crippen molar-refractivity contribution in [3.63, 3.8) is 0 Å². The third-order valence-electron chi connectivity index (χ3n) is 3.34. The van der Waals surface area contributed by atoms with E-state index in [-0.39, 0.29) is 0 Å². The summed E-state index contributed by atoms with van der Waals surface area (Å²) in [5, 5.41) is 0. The van der Waals surface area contributed by atoms with Gasteiger partial charge < -0.3 is 9.55 Å². The number of aromatic nitrogens is 6. The van der Waals surface area contributed by atoms with Gasteiger partial charge in [-0.3, -0.25) is 0 Å². The van der Waals surface area contributed by atoms with E-state index in [0.29, 0.717) is 0 Å². The van der Waals surface area contributed by atoms with E-state index in [9.17, 15) is 0 Å². The fourth-order valence-electron chi connectivity index (χ4n) is 2.13. The van der Waals surface area contributed by atoms with Crippen LogP contribution in [0.15, 0.2) is 37.2 Å². The number of imidazole rings is 2. The first-order chi connectivity index (χ1) is 10.2. The standard InChI is InChI=1S/C8H9N3.C7H7N3/c1-6-3-4-9-8-7(6)10-5-11(8)2;1-5-2-3-8-7-6(5)9-4-10-7/h3-5H,1-2H3;2-4H,1H3,(H,8,9,10). The van der Waals surface area contributed by atoms with Gasteiger partial charge >= 0.3 is 0 Å². The van der Waals surface area contributed by atoms with Gasteiger partial charge in [-0.1, -0.05) is 0 Å². The number of aromatic amines is 1. The molecule has 4 aromatic heterocycles. The van der Waals surface area contributed by atoms with Gasteiger partial charge in [-0.25, -0.2) is 19.9 Å². The maximum Gasteiger partial charge on any atom is 0.177 e. The predicted molar refractivity (Wildman–Crippen MR) is 81.9 cm³/mol. The van der Waals surface area contributed by atoms with Crippen LogP contribution in [-0.4, -0.2) is 29.5 Å². The number of hydrogen-bond acceptors (Lipinski definition) is 4. The Balaban J connectivity index is 0.000000126. The molecule has 1 N–H and O–H groups in total. The Morgan fingerprint density at radius 3 is 2.48 bits per heavy atom. The minimum atomic E-state index is 0.792.